The summed E-state index contributed by atoms with van der Waals surface area (Å²) in [4.78, 5) is 33.3. The smallest absolute Gasteiger partial charge is 0.340 e. The fraction of sp³-hybridized carbons (Fsp3) is 0.320. The Hall–Kier alpha value is -3.25. The number of esters is 1. The average molecular weight is 416 g/mol. The number of carbonyl (C=O) groups is 2. The van der Waals surface area contributed by atoms with E-state index in [1.54, 1.807) is 4.90 Å². The number of aromatic nitrogens is 1. The number of morpholine rings is 1. The summed E-state index contributed by atoms with van der Waals surface area (Å²) < 4.78 is 11.3. The number of ether oxygens (including phenoxy) is 2. The van der Waals surface area contributed by atoms with E-state index in [1.807, 2.05) is 54.6 Å². The van der Waals surface area contributed by atoms with Crippen LogP contribution in [0.1, 0.15) is 39.7 Å². The third-order valence-electron chi connectivity index (χ3n) is 6.00. The van der Waals surface area contributed by atoms with Crippen LogP contribution in [-0.4, -0.2) is 48.1 Å². The number of rotatable bonds is 4. The number of pyridine rings is 1. The molecule has 1 aromatic heterocycles. The lowest BCUT2D eigenvalue weighted by Gasteiger charge is -2.30. The molecular formula is C25H24N2O4. The Morgan fingerprint density at radius 1 is 0.968 bits per heavy atom. The van der Waals surface area contributed by atoms with Crippen molar-refractivity contribution in [1.82, 2.24) is 9.88 Å². The van der Waals surface area contributed by atoms with Crippen molar-refractivity contribution in [3.63, 3.8) is 0 Å². The molecule has 0 radical (unpaired) electrons. The Morgan fingerprint density at radius 3 is 2.52 bits per heavy atom. The van der Waals surface area contributed by atoms with Gasteiger partial charge in [0.25, 0.3) is 5.91 Å². The molecule has 1 aliphatic heterocycles. The summed E-state index contributed by atoms with van der Waals surface area (Å²) in [6.45, 7) is 1.97. The highest BCUT2D eigenvalue weighted by atomic mass is 16.5. The maximum atomic E-state index is 13.5. The molecule has 158 valence electrons. The summed E-state index contributed by atoms with van der Waals surface area (Å²) in [6, 6.07) is 16.9. The second-order valence-electron chi connectivity index (χ2n) is 7.92. The number of amides is 1. The number of para-hydroxylation sites is 1. The third kappa shape index (κ3) is 3.79. The van der Waals surface area contributed by atoms with Crippen molar-refractivity contribution in [2.45, 2.75) is 25.4 Å². The number of hydrogen-bond donors (Lipinski definition) is 0. The van der Waals surface area contributed by atoms with Crippen LogP contribution in [0.4, 0.5) is 0 Å². The predicted octanol–water partition coefficient (Wildman–Crippen LogP) is 3.48. The van der Waals surface area contributed by atoms with Gasteiger partial charge in [-0.2, -0.15) is 0 Å². The van der Waals surface area contributed by atoms with Crippen molar-refractivity contribution in [2.75, 3.05) is 26.3 Å². The van der Waals surface area contributed by atoms with E-state index in [2.05, 4.69) is 0 Å². The number of benzene rings is 2. The number of aryl methyl sites for hydroxylation is 1. The molecule has 0 bridgehead atoms. The van der Waals surface area contributed by atoms with Gasteiger partial charge < -0.3 is 14.4 Å². The number of hydrogen-bond acceptors (Lipinski definition) is 5. The van der Waals surface area contributed by atoms with Gasteiger partial charge in [-0.1, -0.05) is 48.5 Å². The van der Waals surface area contributed by atoms with Crippen molar-refractivity contribution < 1.29 is 19.1 Å². The zero-order valence-electron chi connectivity index (χ0n) is 17.3. The van der Waals surface area contributed by atoms with Crippen LogP contribution in [0.5, 0.6) is 0 Å². The molecule has 1 fully saturated rings. The molecule has 1 amide bonds. The summed E-state index contributed by atoms with van der Waals surface area (Å²) >= 11 is 0. The molecule has 5 rings (SSSR count). The van der Waals surface area contributed by atoms with E-state index in [0.29, 0.717) is 37.4 Å². The lowest BCUT2D eigenvalue weighted by Crippen LogP contribution is -2.44. The van der Waals surface area contributed by atoms with Gasteiger partial charge in [-0.25, -0.2) is 4.79 Å². The van der Waals surface area contributed by atoms with E-state index >= 15 is 0 Å². The zero-order chi connectivity index (χ0) is 21.2. The quantitative estimate of drug-likeness (QED) is 0.609. The molecule has 1 aliphatic carbocycles. The van der Waals surface area contributed by atoms with Crippen LogP contribution in [-0.2, 0) is 27.1 Å². The highest BCUT2D eigenvalue weighted by molar-refractivity contribution is 6.06. The van der Waals surface area contributed by atoms with Gasteiger partial charge in [-0.05, 0) is 30.9 Å². The van der Waals surface area contributed by atoms with Crippen molar-refractivity contribution in [2.24, 2.45) is 0 Å². The van der Waals surface area contributed by atoms with Crippen molar-refractivity contribution >= 4 is 22.8 Å². The van der Waals surface area contributed by atoms with Crippen molar-refractivity contribution in [1.29, 1.82) is 0 Å². The van der Waals surface area contributed by atoms with E-state index in [1.165, 1.54) is 0 Å². The van der Waals surface area contributed by atoms with E-state index in [9.17, 15) is 9.59 Å². The molecule has 31 heavy (non-hydrogen) atoms. The van der Waals surface area contributed by atoms with Gasteiger partial charge >= 0.3 is 5.97 Å². The first kappa shape index (κ1) is 19.7. The number of carbonyl (C=O) groups excluding carboxylic acids is 2. The van der Waals surface area contributed by atoms with Gasteiger partial charge in [0.2, 0.25) is 6.10 Å². The Morgan fingerprint density at radius 2 is 1.71 bits per heavy atom. The van der Waals surface area contributed by atoms with E-state index in [-0.39, 0.29) is 5.91 Å². The molecule has 1 saturated heterocycles. The maximum absolute atomic E-state index is 13.5. The van der Waals surface area contributed by atoms with Crippen molar-refractivity contribution in [3.8, 4) is 0 Å². The Kier molecular flexibility index (Phi) is 5.38. The van der Waals surface area contributed by atoms with E-state index in [4.69, 9.17) is 14.5 Å². The van der Waals surface area contributed by atoms with E-state index in [0.717, 1.165) is 41.4 Å². The third-order valence-corrected chi connectivity index (χ3v) is 6.00. The fourth-order valence-electron chi connectivity index (χ4n) is 4.45. The van der Waals surface area contributed by atoms with Crippen LogP contribution in [0.15, 0.2) is 54.6 Å². The lowest BCUT2D eigenvalue weighted by molar-refractivity contribution is -0.145. The van der Waals surface area contributed by atoms with Crippen LogP contribution in [0.2, 0.25) is 0 Å². The van der Waals surface area contributed by atoms with Crippen molar-refractivity contribution in [3.05, 3.63) is 77.0 Å². The average Bonchev–Trinajstić information content (AvgIpc) is 3.29. The minimum Gasteiger partial charge on any atom is -0.444 e. The Balaban J connectivity index is 1.53. The lowest BCUT2D eigenvalue weighted by atomic mass is 10.0. The van der Waals surface area contributed by atoms with Crippen LogP contribution in [0.3, 0.4) is 0 Å². The molecule has 0 saturated carbocycles. The van der Waals surface area contributed by atoms with Crippen LogP contribution in [0, 0.1) is 0 Å². The first-order valence-electron chi connectivity index (χ1n) is 10.8. The van der Waals surface area contributed by atoms with Gasteiger partial charge in [0, 0.05) is 29.7 Å². The monoisotopic (exact) mass is 416 g/mol. The molecule has 3 aromatic rings. The van der Waals surface area contributed by atoms with Gasteiger partial charge in [0.1, 0.15) is 0 Å². The van der Waals surface area contributed by atoms with Crippen LogP contribution >= 0.6 is 0 Å². The number of fused-ring (bicyclic) bond motifs is 2. The molecule has 1 atom stereocenters. The van der Waals surface area contributed by atoms with Gasteiger partial charge in [0.15, 0.2) is 0 Å². The van der Waals surface area contributed by atoms with Gasteiger partial charge in [0.05, 0.1) is 24.3 Å². The minimum absolute atomic E-state index is 0.210. The molecular weight excluding hydrogens is 392 g/mol. The van der Waals surface area contributed by atoms with Gasteiger partial charge in [-0.15, -0.1) is 0 Å². The fourth-order valence-corrected chi connectivity index (χ4v) is 4.45. The summed E-state index contributed by atoms with van der Waals surface area (Å²) in [6.07, 6.45) is 1.63. The standard InChI is InChI=1S/C25H24N2O4/c28-24(27-13-15-30-16-14-27)23(17-7-2-1-3-8-17)31-25(29)22-18-9-4-5-11-20(18)26-21-12-6-10-19(21)22/h1-5,7-9,11,23H,6,10,12-16H2/t23-/m1/s1. The molecule has 0 unspecified atom stereocenters. The molecule has 2 aromatic carbocycles. The first-order valence-corrected chi connectivity index (χ1v) is 10.8. The van der Waals surface area contributed by atoms with E-state index < -0.39 is 12.1 Å². The number of nitrogens with zero attached hydrogens (tertiary/aromatic N) is 2. The summed E-state index contributed by atoms with van der Waals surface area (Å²) in [5, 5.41) is 0.777. The topological polar surface area (TPSA) is 68.7 Å². The zero-order valence-corrected chi connectivity index (χ0v) is 17.3. The van der Waals surface area contributed by atoms with Crippen LogP contribution < -0.4 is 0 Å². The molecule has 0 spiro atoms. The largest absolute Gasteiger partial charge is 0.444 e. The summed E-state index contributed by atoms with van der Waals surface area (Å²) in [7, 11) is 0. The summed E-state index contributed by atoms with van der Waals surface area (Å²) in [5.74, 6) is -0.676. The predicted molar refractivity (Wildman–Crippen MR) is 116 cm³/mol. The second-order valence-corrected chi connectivity index (χ2v) is 7.92. The molecule has 6 nitrogen and oxygen atoms in total. The Labute approximate surface area is 180 Å². The normalized spacial score (nSPS) is 16.7. The molecule has 6 heteroatoms. The molecule has 2 aliphatic rings. The minimum atomic E-state index is -0.990. The highest BCUT2D eigenvalue weighted by Crippen LogP contribution is 2.32. The summed E-state index contributed by atoms with van der Waals surface area (Å²) in [5.41, 5.74) is 3.91. The van der Waals surface area contributed by atoms with Crippen LogP contribution in [0.25, 0.3) is 10.9 Å². The maximum Gasteiger partial charge on any atom is 0.340 e. The molecule has 2 heterocycles. The van der Waals surface area contributed by atoms with Gasteiger partial charge in [-0.3, -0.25) is 9.78 Å². The Bertz CT molecular complexity index is 1120. The second kappa shape index (κ2) is 8.47. The highest BCUT2D eigenvalue weighted by Gasteiger charge is 2.33. The first-order chi connectivity index (χ1) is 15.2. The molecule has 0 N–H and O–H groups in total. The SMILES string of the molecule is O=C(O[C@@H](C(=O)N1CCOCC1)c1ccccc1)c1c2c(nc3ccccc13)CCC2.